The number of esters is 1. The van der Waals surface area contributed by atoms with Gasteiger partial charge in [0.2, 0.25) is 0 Å². The smallest absolute Gasteiger partial charge is 0.338 e. The van der Waals surface area contributed by atoms with Crippen molar-refractivity contribution in [3.8, 4) is 5.75 Å². The van der Waals surface area contributed by atoms with Crippen LogP contribution in [-0.2, 0) is 9.53 Å². The predicted octanol–water partition coefficient (Wildman–Crippen LogP) is 1.35. The number of rotatable bonds is 7. The SMILES string of the molecule is CCCNC(=O)COC(=O)c1ccc(OCC)c(N)c1. The fourth-order valence-corrected chi connectivity index (χ4v) is 1.49. The number of nitrogen functional groups attached to an aromatic ring is 1. The molecule has 0 aliphatic rings. The van der Waals surface area contributed by atoms with Crippen molar-refractivity contribution in [3.05, 3.63) is 23.8 Å². The first-order valence-electron chi connectivity index (χ1n) is 6.54. The number of benzene rings is 1. The number of hydrogen-bond donors (Lipinski definition) is 2. The molecule has 0 aliphatic heterocycles. The van der Waals surface area contributed by atoms with Gasteiger partial charge in [0.15, 0.2) is 6.61 Å². The Morgan fingerprint density at radius 1 is 1.30 bits per heavy atom. The molecule has 0 saturated heterocycles. The van der Waals surface area contributed by atoms with Crippen LogP contribution >= 0.6 is 0 Å². The van der Waals surface area contributed by atoms with E-state index in [1.807, 2.05) is 13.8 Å². The van der Waals surface area contributed by atoms with Crippen LogP contribution in [0.5, 0.6) is 5.75 Å². The van der Waals surface area contributed by atoms with Gasteiger partial charge in [-0.25, -0.2) is 4.79 Å². The van der Waals surface area contributed by atoms with Gasteiger partial charge in [-0.3, -0.25) is 4.79 Å². The van der Waals surface area contributed by atoms with E-state index in [0.717, 1.165) is 6.42 Å². The Morgan fingerprint density at radius 3 is 2.65 bits per heavy atom. The van der Waals surface area contributed by atoms with Crippen molar-refractivity contribution in [1.82, 2.24) is 5.32 Å². The first-order valence-corrected chi connectivity index (χ1v) is 6.54. The maximum atomic E-state index is 11.7. The summed E-state index contributed by atoms with van der Waals surface area (Å²) in [7, 11) is 0. The Hall–Kier alpha value is -2.24. The van der Waals surface area contributed by atoms with Crippen LogP contribution < -0.4 is 15.8 Å². The minimum absolute atomic E-state index is 0.286. The number of hydrogen-bond acceptors (Lipinski definition) is 5. The van der Waals surface area contributed by atoms with E-state index >= 15 is 0 Å². The minimum atomic E-state index is -0.591. The molecule has 0 aliphatic carbocycles. The van der Waals surface area contributed by atoms with Gasteiger partial charge < -0.3 is 20.5 Å². The van der Waals surface area contributed by atoms with E-state index in [9.17, 15) is 9.59 Å². The van der Waals surface area contributed by atoms with Crippen molar-refractivity contribution in [1.29, 1.82) is 0 Å². The number of carbonyl (C=O) groups excluding carboxylic acids is 2. The second kappa shape index (κ2) is 8.04. The molecule has 0 atom stereocenters. The topological polar surface area (TPSA) is 90.6 Å². The van der Waals surface area contributed by atoms with Crippen molar-refractivity contribution in [3.63, 3.8) is 0 Å². The summed E-state index contributed by atoms with van der Waals surface area (Å²) in [4.78, 5) is 23.1. The van der Waals surface area contributed by atoms with E-state index in [1.165, 1.54) is 6.07 Å². The Kier molecular flexibility index (Phi) is 6.36. The lowest BCUT2D eigenvalue weighted by Gasteiger charge is -2.09. The van der Waals surface area contributed by atoms with Gasteiger partial charge in [-0.2, -0.15) is 0 Å². The molecule has 20 heavy (non-hydrogen) atoms. The van der Waals surface area contributed by atoms with Crippen LogP contribution in [0.3, 0.4) is 0 Å². The summed E-state index contributed by atoms with van der Waals surface area (Å²) in [6.07, 6.45) is 0.828. The molecule has 0 unspecified atom stereocenters. The number of ether oxygens (including phenoxy) is 2. The van der Waals surface area contributed by atoms with Crippen LogP contribution in [0.2, 0.25) is 0 Å². The third-order valence-corrected chi connectivity index (χ3v) is 2.45. The Balaban J connectivity index is 2.55. The molecule has 0 bridgehead atoms. The van der Waals surface area contributed by atoms with Gasteiger partial charge in [-0.15, -0.1) is 0 Å². The molecule has 0 saturated carbocycles. The summed E-state index contributed by atoms with van der Waals surface area (Å²) < 4.78 is 10.2. The third kappa shape index (κ3) is 4.79. The van der Waals surface area contributed by atoms with Crippen LogP contribution in [0.1, 0.15) is 30.6 Å². The maximum absolute atomic E-state index is 11.7. The fraction of sp³-hybridized carbons (Fsp3) is 0.429. The molecule has 110 valence electrons. The molecule has 1 rings (SSSR count). The molecule has 0 radical (unpaired) electrons. The lowest BCUT2D eigenvalue weighted by atomic mass is 10.2. The first-order chi connectivity index (χ1) is 9.58. The van der Waals surface area contributed by atoms with E-state index in [0.29, 0.717) is 24.6 Å². The molecule has 6 nitrogen and oxygen atoms in total. The van der Waals surface area contributed by atoms with Crippen molar-refractivity contribution < 1.29 is 19.1 Å². The fourth-order valence-electron chi connectivity index (χ4n) is 1.49. The van der Waals surface area contributed by atoms with Crippen LogP contribution in [0.4, 0.5) is 5.69 Å². The maximum Gasteiger partial charge on any atom is 0.338 e. The highest BCUT2D eigenvalue weighted by Crippen LogP contribution is 2.22. The number of nitrogens with two attached hydrogens (primary N) is 1. The monoisotopic (exact) mass is 280 g/mol. The number of carbonyl (C=O) groups is 2. The van der Waals surface area contributed by atoms with E-state index in [-0.39, 0.29) is 18.1 Å². The minimum Gasteiger partial charge on any atom is -0.492 e. The zero-order valence-electron chi connectivity index (χ0n) is 11.8. The first kappa shape index (κ1) is 15.8. The van der Waals surface area contributed by atoms with Gasteiger partial charge >= 0.3 is 5.97 Å². The van der Waals surface area contributed by atoms with Crippen molar-refractivity contribution in [2.75, 3.05) is 25.5 Å². The summed E-state index contributed by atoms with van der Waals surface area (Å²) in [6, 6.07) is 4.62. The second-order valence-electron chi connectivity index (χ2n) is 4.11. The molecule has 6 heteroatoms. The van der Waals surface area contributed by atoms with Crippen LogP contribution in [0.15, 0.2) is 18.2 Å². The summed E-state index contributed by atoms with van der Waals surface area (Å²) in [6.45, 7) is 4.54. The molecular weight excluding hydrogens is 260 g/mol. The molecule has 0 fully saturated rings. The lowest BCUT2D eigenvalue weighted by molar-refractivity contribution is -0.124. The number of nitrogens with one attached hydrogen (secondary N) is 1. The van der Waals surface area contributed by atoms with Gasteiger partial charge in [-0.05, 0) is 31.5 Å². The Morgan fingerprint density at radius 2 is 2.05 bits per heavy atom. The average molecular weight is 280 g/mol. The Labute approximate surface area is 118 Å². The van der Waals surface area contributed by atoms with Gasteiger partial charge in [0.25, 0.3) is 5.91 Å². The standard InChI is InChI=1S/C14H20N2O4/c1-3-7-16-13(17)9-20-14(18)10-5-6-12(19-4-2)11(15)8-10/h5-6,8H,3-4,7,9,15H2,1-2H3,(H,16,17). The highest BCUT2D eigenvalue weighted by atomic mass is 16.5. The quantitative estimate of drug-likeness (QED) is 0.581. The number of amides is 1. The molecule has 0 aromatic heterocycles. The second-order valence-corrected chi connectivity index (χ2v) is 4.11. The molecule has 1 amide bonds. The largest absolute Gasteiger partial charge is 0.492 e. The highest BCUT2D eigenvalue weighted by molar-refractivity contribution is 5.92. The summed E-state index contributed by atoms with van der Waals surface area (Å²) in [5.74, 6) is -0.393. The lowest BCUT2D eigenvalue weighted by Crippen LogP contribution is -2.29. The predicted molar refractivity (Wildman–Crippen MR) is 75.6 cm³/mol. The van der Waals surface area contributed by atoms with Gasteiger partial charge in [0.05, 0.1) is 17.9 Å². The zero-order valence-corrected chi connectivity index (χ0v) is 11.8. The number of anilines is 1. The van der Waals surface area contributed by atoms with Crippen molar-refractivity contribution >= 4 is 17.6 Å². The molecule has 0 spiro atoms. The van der Waals surface area contributed by atoms with Gasteiger partial charge in [0, 0.05) is 6.54 Å². The van der Waals surface area contributed by atoms with E-state index in [1.54, 1.807) is 12.1 Å². The Bertz CT molecular complexity index is 474. The van der Waals surface area contributed by atoms with E-state index in [2.05, 4.69) is 5.32 Å². The van der Waals surface area contributed by atoms with Crippen molar-refractivity contribution in [2.45, 2.75) is 20.3 Å². The third-order valence-electron chi connectivity index (χ3n) is 2.45. The van der Waals surface area contributed by atoms with Crippen molar-refractivity contribution in [2.24, 2.45) is 0 Å². The van der Waals surface area contributed by atoms with Gasteiger partial charge in [0.1, 0.15) is 5.75 Å². The normalized spacial score (nSPS) is 9.90. The average Bonchev–Trinajstić information content (AvgIpc) is 2.44. The highest BCUT2D eigenvalue weighted by Gasteiger charge is 2.12. The molecular formula is C14H20N2O4. The van der Waals surface area contributed by atoms with Crippen LogP contribution in [-0.4, -0.2) is 31.6 Å². The molecule has 1 aromatic carbocycles. The molecule has 3 N–H and O–H groups in total. The van der Waals surface area contributed by atoms with E-state index < -0.39 is 5.97 Å². The summed E-state index contributed by atoms with van der Waals surface area (Å²) >= 11 is 0. The summed E-state index contributed by atoms with van der Waals surface area (Å²) in [5.41, 5.74) is 6.40. The van der Waals surface area contributed by atoms with Crippen LogP contribution in [0.25, 0.3) is 0 Å². The zero-order chi connectivity index (χ0) is 15.0. The van der Waals surface area contributed by atoms with Gasteiger partial charge in [-0.1, -0.05) is 6.92 Å². The molecule has 1 aromatic rings. The molecule has 0 heterocycles. The van der Waals surface area contributed by atoms with E-state index in [4.69, 9.17) is 15.2 Å². The summed E-state index contributed by atoms with van der Waals surface area (Å²) in [5, 5.41) is 2.62. The van der Waals surface area contributed by atoms with Crippen LogP contribution in [0, 0.1) is 0 Å².